The zero-order chi connectivity index (χ0) is 18.0. The predicted molar refractivity (Wildman–Crippen MR) is 92.3 cm³/mol. The summed E-state index contributed by atoms with van der Waals surface area (Å²) < 4.78 is 12.4. The van der Waals surface area contributed by atoms with Crippen molar-refractivity contribution in [1.29, 1.82) is 0 Å². The number of benzene rings is 1. The van der Waals surface area contributed by atoms with Crippen LogP contribution in [0.5, 0.6) is 5.75 Å². The average Bonchev–Trinajstić information content (AvgIpc) is 3.23. The second kappa shape index (κ2) is 6.80. The Balaban J connectivity index is 1.78. The Morgan fingerprint density at radius 2 is 2.12 bits per heavy atom. The molecule has 0 bridgehead atoms. The molecule has 0 saturated carbocycles. The van der Waals surface area contributed by atoms with Crippen LogP contribution in [-0.2, 0) is 7.05 Å². The molecule has 1 amide bonds. The summed E-state index contributed by atoms with van der Waals surface area (Å²) in [6.07, 6.45) is 1.75. The van der Waals surface area contributed by atoms with Crippen LogP contribution in [-0.4, -0.2) is 28.0 Å². The van der Waals surface area contributed by atoms with E-state index in [0.717, 1.165) is 16.8 Å². The summed E-state index contributed by atoms with van der Waals surface area (Å²) in [5.74, 6) is 0.832. The van der Waals surface area contributed by atoms with Crippen molar-refractivity contribution in [2.75, 3.05) is 7.11 Å². The first-order valence-corrected chi connectivity index (χ1v) is 7.90. The quantitative estimate of drug-likeness (QED) is 0.772. The van der Waals surface area contributed by atoms with Crippen molar-refractivity contribution in [3.05, 3.63) is 53.5 Å². The fourth-order valence-corrected chi connectivity index (χ4v) is 2.65. The van der Waals surface area contributed by atoms with Crippen LogP contribution in [0.15, 0.2) is 41.1 Å². The van der Waals surface area contributed by atoms with E-state index in [0.29, 0.717) is 11.5 Å². The molecule has 0 radical (unpaired) electrons. The minimum absolute atomic E-state index is 0.187. The fourth-order valence-electron chi connectivity index (χ4n) is 2.65. The third-order valence-electron chi connectivity index (χ3n) is 4.20. The van der Waals surface area contributed by atoms with Crippen LogP contribution in [0.2, 0.25) is 0 Å². The van der Waals surface area contributed by atoms with Crippen LogP contribution < -0.4 is 10.1 Å². The van der Waals surface area contributed by atoms with Gasteiger partial charge in [0.15, 0.2) is 11.5 Å². The molecule has 2 aromatic heterocycles. The van der Waals surface area contributed by atoms with E-state index < -0.39 is 0 Å². The second-order valence-electron chi connectivity index (χ2n) is 5.78. The van der Waals surface area contributed by atoms with E-state index in [4.69, 9.17) is 9.26 Å². The number of hydrogen-bond acceptors (Lipinski definition) is 5. The lowest BCUT2D eigenvalue weighted by Gasteiger charge is -2.12. The Kier molecular flexibility index (Phi) is 4.56. The first-order chi connectivity index (χ1) is 12.0. The van der Waals surface area contributed by atoms with Gasteiger partial charge in [-0.1, -0.05) is 17.3 Å². The molecule has 1 aromatic carbocycles. The number of methoxy groups -OCH3 is 1. The molecule has 25 heavy (non-hydrogen) atoms. The maximum Gasteiger partial charge on any atom is 0.273 e. The monoisotopic (exact) mass is 340 g/mol. The summed E-state index contributed by atoms with van der Waals surface area (Å²) in [7, 11) is 3.45. The Morgan fingerprint density at radius 1 is 1.36 bits per heavy atom. The number of nitrogens with zero attached hydrogens (tertiary/aromatic N) is 3. The molecule has 3 rings (SSSR count). The molecule has 0 aliphatic carbocycles. The van der Waals surface area contributed by atoms with E-state index in [9.17, 15) is 4.79 Å². The van der Waals surface area contributed by atoms with Gasteiger partial charge in [0.2, 0.25) is 0 Å². The average molecular weight is 340 g/mol. The van der Waals surface area contributed by atoms with Crippen LogP contribution in [0, 0.1) is 6.92 Å². The van der Waals surface area contributed by atoms with Gasteiger partial charge in [0.25, 0.3) is 5.91 Å². The van der Waals surface area contributed by atoms with Gasteiger partial charge < -0.3 is 14.6 Å². The molecule has 3 aromatic rings. The molecule has 1 N–H and O–H groups in total. The lowest BCUT2D eigenvalue weighted by molar-refractivity contribution is 0.0930. The molecule has 1 atom stereocenters. The first kappa shape index (κ1) is 16.8. The lowest BCUT2D eigenvalue weighted by Crippen LogP contribution is -2.27. The number of hydrogen-bond donors (Lipinski definition) is 1. The van der Waals surface area contributed by atoms with E-state index in [1.807, 2.05) is 45.2 Å². The number of carbonyl (C=O) groups excluding carboxylic acids is 1. The van der Waals surface area contributed by atoms with Gasteiger partial charge in [-0.05, 0) is 26.0 Å². The zero-order valence-corrected chi connectivity index (χ0v) is 14.6. The summed E-state index contributed by atoms with van der Waals surface area (Å²) >= 11 is 0. The van der Waals surface area contributed by atoms with E-state index >= 15 is 0 Å². The predicted octanol–water partition coefficient (Wildman–Crippen LogP) is 2.88. The topological polar surface area (TPSA) is 82.2 Å². The third kappa shape index (κ3) is 3.26. The van der Waals surface area contributed by atoms with Gasteiger partial charge in [-0.25, -0.2) is 0 Å². The minimum atomic E-state index is -0.305. The highest BCUT2D eigenvalue weighted by Gasteiger charge is 2.19. The van der Waals surface area contributed by atoms with Crippen molar-refractivity contribution in [2.45, 2.75) is 19.9 Å². The number of rotatable bonds is 5. The van der Waals surface area contributed by atoms with Gasteiger partial charge in [0.1, 0.15) is 5.75 Å². The number of para-hydroxylation sites is 1. The molecule has 7 nitrogen and oxygen atoms in total. The second-order valence-corrected chi connectivity index (χ2v) is 5.78. The van der Waals surface area contributed by atoms with Crippen LogP contribution in [0.4, 0.5) is 0 Å². The fraction of sp³-hybridized carbons (Fsp3) is 0.278. The lowest BCUT2D eigenvalue weighted by atomic mass is 10.1. The molecule has 0 aliphatic heterocycles. The van der Waals surface area contributed by atoms with Crippen molar-refractivity contribution in [3.8, 4) is 17.1 Å². The van der Waals surface area contributed by atoms with E-state index in [1.165, 1.54) is 0 Å². The molecule has 130 valence electrons. The van der Waals surface area contributed by atoms with Crippen LogP contribution in [0.1, 0.15) is 34.7 Å². The van der Waals surface area contributed by atoms with E-state index in [2.05, 4.69) is 15.6 Å². The molecule has 0 aliphatic rings. The zero-order valence-electron chi connectivity index (χ0n) is 14.6. The van der Waals surface area contributed by atoms with Crippen molar-refractivity contribution in [3.63, 3.8) is 0 Å². The molecule has 0 unspecified atom stereocenters. The molecule has 2 heterocycles. The maximum atomic E-state index is 12.5. The van der Waals surface area contributed by atoms with Gasteiger partial charge in [-0.15, -0.1) is 0 Å². The Labute approximate surface area is 145 Å². The highest BCUT2D eigenvalue weighted by atomic mass is 16.5. The van der Waals surface area contributed by atoms with Crippen molar-refractivity contribution in [2.24, 2.45) is 7.05 Å². The van der Waals surface area contributed by atoms with Gasteiger partial charge in [0, 0.05) is 24.4 Å². The number of nitrogens with one attached hydrogen (secondary N) is 1. The van der Waals surface area contributed by atoms with Crippen LogP contribution >= 0.6 is 0 Å². The van der Waals surface area contributed by atoms with Gasteiger partial charge in [-0.3, -0.25) is 9.48 Å². The number of amides is 1. The normalized spacial score (nSPS) is 12.0. The Morgan fingerprint density at radius 3 is 2.80 bits per heavy atom. The summed E-state index contributed by atoms with van der Waals surface area (Å²) in [5.41, 5.74) is 2.92. The van der Waals surface area contributed by atoms with Crippen LogP contribution in [0.25, 0.3) is 11.3 Å². The smallest absolute Gasteiger partial charge is 0.273 e. The molecule has 7 heteroatoms. The highest BCUT2D eigenvalue weighted by Crippen LogP contribution is 2.30. The molecule has 0 fully saturated rings. The summed E-state index contributed by atoms with van der Waals surface area (Å²) in [6.45, 7) is 3.87. The van der Waals surface area contributed by atoms with Gasteiger partial charge >= 0.3 is 0 Å². The number of carbonyl (C=O) groups is 1. The van der Waals surface area contributed by atoms with Gasteiger partial charge in [-0.2, -0.15) is 5.10 Å². The number of ether oxygens (including phenoxy) is 1. The maximum absolute atomic E-state index is 12.5. The van der Waals surface area contributed by atoms with Crippen molar-refractivity contribution in [1.82, 2.24) is 20.3 Å². The van der Waals surface area contributed by atoms with E-state index in [1.54, 1.807) is 24.1 Å². The van der Waals surface area contributed by atoms with Crippen molar-refractivity contribution < 1.29 is 14.1 Å². The number of aryl methyl sites for hydroxylation is 1. The first-order valence-electron chi connectivity index (χ1n) is 7.90. The minimum Gasteiger partial charge on any atom is -0.496 e. The van der Waals surface area contributed by atoms with E-state index in [-0.39, 0.29) is 17.6 Å². The molecular weight excluding hydrogens is 320 g/mol. The molecule has 0 saturated heterocycles. The van der Waals surface area contributed by atoms with Gasteiger partial charge in [0.05, 0.1) is 24.9 Å². The molecular formula is C18H20N4O3. The molecule has 0 spiro atoms. The summed E-state index contributed by atoms with van der Waals surface area (Å²) in [6, 6.07) is 8.83. The largest absolute Gasteiger partial charge is 0.496 e. The highest BCUT2D eigenvalue weighted by molar-refractivity contribution is 5.93. The standard InChI is InChI=1S/C18H20N4O3/c1-11(14-10-19-22(3)12(14)2)20-18(23)15-9-17(25-21-15)13-7-5-6-8-16(13)24-4/h5-11H,1-4H3,(H,20,23)/t11-/m1/s1. The summed E-state index contributed by atoms with van der Waals surface area (Å²) in [5, 5.41) is 11.0. The summed E-state index contributed by atoms with van der Waals surface area (Å²) in [4.78, 5) is 12.5. The number of aromatic nitrogens is 3. The van der Waals surface area contributed by atoms with Crippen LogP contribution in [0.3, 0.4) is 0 Å². The SMILES string of the molecule is COc1ccccc1-c1cc(C(=O)N[C@H](C)c2cnn(C)c2C)no1. The Bertz CT molecular complexity index is 897. The third-order valence-corrected chi connectivity index (χ3v) is 4.20. The Hall–Kier alpha value is -3.09. The van der Waals surface area contributed by atoms with Crippen molar-refractivity contribution >= 4 is 5.91 Å².